The summed E-state index contributed by atoms with van der Waals surface area (Å²) in [6.07, 6.45) is 0.441. The van der Waals surface area contributed by atoms with E-state index in [4.69, 9.17) is 5.73 Å². The zero-order chi connectivity index (χ0) is 12.3. The molecular formula is C14H23NO. The van der Waals surface area contributed by atoms with Crippen LogP contribution in [-0.4, -0.2) is 17.8 Å². The van der Waals surface area contributed by atoms with Crippen molar-refractivity contribution in [3.8, 4) is 0 Å². The summed E-state index contributed by atoms with van der Waals surface area (Å²) in [5, 5.41) is 9.83. The molecule has 3 N–H and O–H groups in total. The van der Waals surface area contributed by atoms with Crippen LogP contribution in [0.2, 0.25) is 0 Å². The first-order chi connectivity index (χ1) is 7.40. The van der Waals surface area contributed by atoms with Crippen molar-refractivity contribution in [3.05, 3.63) is 34.9 Å². The second-order valence-corrected chi connectivity index (χ2v) is 5.08. The number of rotatable bonds is 4. The van der Waals surface area contributed by atoms with E-state index in [9.17, 15) is 5.11 Å². The molecule has 2 nitrogen and oxygen atoms in total. The molecule has 0 spiro atoms. The molecule has 2 unspecified atom stereocenters. The predicted octanol–water partition coefficient (Wildman–Crippen LogP) is 2.19. The van der Waals surface area contributed by atoms with Gasteiger partial charge in [0, 0.05) is 12.0 Å². The van der Waals surface area contributed by atoms with Crippen LogP contribution >= 0.6 is 0 Å². The van der Waals surface area contributed by atoms with E-state index >= 15 is 0 Å². The lowest BCUT2D eigenvalue weighted by Crippen LogP contribution is -2.39. The highest BCUT2D eigenvalue weighted by Gasteiger charge is 2.29. The van der Waals surface area contributed by atoms with Crippen molar-refractivity contribution in [2.75, 3.05) is 6.54 Å². The summed E-state index contributed by atoms with van der Waals surface area (Å²) in [6, 6.07) is 6.29. The Balaban J connectivity index is 3.03. The average molecular weight is 221 g/mol. The second kappa shape index (κ2) is 4.98. The fraction of sp³-hybridized carbons (Fsp3) is 0.571. The van der Waals surface area contributed by atoms with Gasteiger partial charge in [0.25, 0.3) is 0 Å². The van der Waals surface area contributed by atoms with Gasteiger partial charge in [-0.15, -0.1) is 0 Å². The van der Waals surface area contributed by atoms with Crippen LogP contribution in [0, 0.1) is 19.3 Å². The fourth-order valence-corrected chi connectivity index (χ4v) is 1.92. The molecule has 90 valence electrons. The summed E-state index contributed by atoms with van der Waals surface area (Å²) in [4.78, 5) is 0. The third kappa shape index (κ3) is 2.63. The summed E-state index contributed by atoms with van der Waals surface area (Å²) in [5.74, 6) is 0. The summed E-state index contributed by atoms with van der Waals surface area (Å²) < 4.78 is 0. The van der Waals surface area contributed by atoms with Gasteiger partial charge in [-0.25, -0.2) is 0 Å². The normalized spacial score (nSPS) is 16.9. The molecule has 1 aromatic rings. The Morgan fingerprint density at radius 1 is 1.31 bits per heavy atom. The minimum Gasteiger partial charge on any atom is -0.393 e. The second-order valence-electron chi connectivity index (χ2n) is 5.08. The van der Waals surface area contributed by atoms with Crippen molar-refractivity contribution < 1.29 is 5.11 Å². The average Bonchev–Trinajstić information content (AvgIpc) is 2.23. The van der Waals surface area contributed by atoms with Crippen LogP contribution in [0.25, 0.3) is 0 Å². The standard InChI is InChI=1S/C14H23NO/c1-10-6-5-7-11(2)13(10)8-14(4,9-15)12(3)16/h5-7,12,16H,8-9,15H2,1-4H3. The molecule has 0 aromatic heterocycles. The Morgan fingerprint density at radius 3 is 2.19 bits per heavy atom. The molecule has 0 heterocycles. The van der Waals surface area contributed by atoms with Gasteiger partial charge in [-0.1, -0.05) is 25.1 Å². The van der Waals surface area contributed by atoms with Gasteiger partial charge in [-0.05, 0) is 43.9 Å². The minimum atomic E-state index is -0.392. The fourth-order valence-electron chi connectivity index (χ4n) is 1.92. The SMILES string of the molecule is Cc1cccc(C)c1CC(C)(CN)C(C)O. The molecule has 0 aliphatic rings. The lowest BCUT2D eigenvalue weighted by Gasteiger charge is -2.32. The van der Waals surface area contributed by atoms with E-state index in [2.05, 4.69) is 32.0 Å². The lowest BCUT2D eigenvalue weighted by atomic mass is 9.77. The van der Waals surface area contributed by atoms with Crippen LogP contribution in [0.4, 0.5) is 0 Å². The number of benzene rings is 1. The third-order valence-corrected chi connectivity index (χ3v) is 3.70. The van der Waals surface area contributed by atoms with E-state index < -0.39 is 6.10 Å². The van der Waals surface area contributed by atoms with Crippen molar-refractivity contribution in [2.24, 2.45) is 11.1 Å². The van der Waals surface area contributed by atoms with Crippen LogP contribution < -0.4 is 5.73 Å². The van der Waals surface area contributed by atoms with Crippen LogP contribution in [0.5, 0.6) is 0 Å². The van der Waals surface area contributed by atoms with Gasteiger partial charge < -0.3 is 10.8 Å². The molecule has 0 aliphatic carbocycles. The first kappa shape index (κ1) is 13.2. The number of aliphatic hydroxyl groups excluding tert-OH is 1. The zero-order valence-electron chi connectivity index (χ0n) is 10.7. The third-order valence-electron chi connectivity index (χ3n) is 3.70. The van der Waals surface area contributed by atoms with Gasteiger partial charge in [0.1, 0.15) is 0 Å². The lowest BCUT2D eigenvalue weighted by molar-refractivity contribution is 0.0587. The van der Waals surface area contributed by atoms with E-state index in [1.807, 2.05) is 13.8 Å². The number of aryl methyl sites for hydroxylation is 2. The summed E-state index contributed by atoms with van der Waals surface area (Å²) in [7, 11) is 0. The van der Waals surface area contributed by atoms with Gasteiger partial charge in [-0.2, -0.15) is 0 Å². The van der Waals surface area contributed by atoms with E-state index in [0.717, 1.165) is 6.42 Å². The van der Waals surface area contributed by atoms with Crippen LogP contribution in [-0.2, 0) is 6.42 Å². The molecule has 0 amide bonds. The Hall–Kier alpha value is -0.860. The molecule has 16 heavy (non-hydrogen) atoms. The van der Waals surface area contributed by atoms with E-state index in [0.29, 0.717) is 6.54 Å². The summed E-state index contributed by atoms with van der Waals surface area (Å²) >= 11 is 0. The molecule has 0 aliphatic heterocycles. The summed E-state index contributed by atoms with van der Waals surface area (Å²) in [6.45, 7) is 8.59. The number of aliphatic hydroxyl groups is 1. The minimum absolute atomic E-state index is 0.239. The van der Waals surface area contributed by atoms with E-state index in [1.165, 1.54) is 16.7 Å². The summed E-state index contributed by atoms with van der Waals surface area (Å²) in [5.41, 5.74) is 9.43. The van der Waals surface area contributed by atoms with Crippen molar-refractivity contribution >= 4 is 0 Å². The van der Waals surface area contributed by atoms with Gasteiger partial charge >= 0.3 is 0 Å². The first-order valence-corrected chi connectivity index (χ1v) is 5.84. The van der Waals surface area contributed by atoms with Crippen LogP contribution in [0.3, 0.4) is 0 Å². The molecule has 0 fully saturated rings. The van der Waals surface area contributed by atoms with Crippen molar-refractivity contribution in [3.63, 3.8) is 0 Å². The van der Waals surface area contributed by atoms with E-state index in [-0.39, 0.29) is 5.41 Å². The molecule has 0 radical (unpaired) electrons. The highest BCUT2D eigenvalue weighted by Crippen LogP contribution is 2.28. The quantitative estimate of drug-likeness (QED) is 0.818. The van der Waals surface area contributed by atoms with Gasteiger partial charge in [0.15, 0.2) is 0 Å². The molecule has 2 heteroatoms. The van der Waals surface area contributed by atoms with E-state index in [1.54, 1.807) is 0 Å². The first-order valence-electron chi connectivity index (χ1n) is 5.84. The molecule has 0 bridgehead atoms. The van der Waals surface area contributed by atoms with Crippen molar-refractivity contribution in [1.82, 2.24) is 0 Å². The molecule has 0 saturated heterocycles. The topological polar surface area (TPSA) is 46.2 Å². The molecule has 0 saturated carbocycles. The number of nitrogens with two attached hydrogens (primary N) is 1. The van der Waals surface area contributed by atoms with Gasteiger partial charge in [0.2, 0.25) is 0 Å². The maximum Gasteiger partial charge on any atom is 0.0580 e. The highest BCUT2D eigenvalue weighted by molar-refractivity contribution is 5.34. The van der Waals surface area contributed by atoms with Gasteiger partial charge in [0.05, 0.1) is 6.10 Å². The maximum absolute atomic E-state index is 9.83. The Kier molecular flexibility index (Phi) is 4.11. The Bertz CT molecular complexity index is 340. The monoisotopic (exact) mass is 221 g/mol. The predicted molar refractivity (Wildman–Crippen MR) is 68.5 cm³/mol. The molecule has 1 aromatic carbocycles. The Morgan fingerprint density at radius 2 is 1.81 bits per heavy atom. The van der Waals surface area contributed by atoms with Gasteiger partial charge in [-0.3, -0.25) is 0 Å². The molecule has 1 rings (SSSR count). The number of hydrogen-bond donors (Lipinski definition) is 2. The number of hydrogen-bond acceptors (Lipinski definition) is 2. The Labute approximate surface area is 98.5 Å². The van der Waals surface area contributed by atoms with Crippen molar-refractivity contribution in [1.29, 1.82) is 0 Å². The largest absolute Gasteiger partial charge is 0.393 e. The molecule has 2 atom stereocenters. The van der Waals surface area contributed by atoms with Crippen LogP contribution in [0.1, 0.15) is 30.5 Å². The molecular weight excluding hydrogens is 198 g/mol. The highest BCUT2D eigenvalue weighted by atomic mass is 16.3. The van der Waals surface area contributed by atoms with Crippen molar-refractivity contribution in [2.45, 2.75) is 40.2 Å². The smallest absolute Gasteiger partial charge is 0.0580 e. The maximum atomic E-state index is 9.83. The van der Waals surface area contributed by atoms with Crippen LogP contribution in [0.15, 0.2) is 18.2 Å². The zero-order valence-corrected chi connectivity index (χ0v) is 10.7.